The lowest BCUT2D eigenvalue weighted by atomic mass is 9.85. The lowest BCUT2D eigenvalue weighted by molar-refractivity contribution is -0.146. The Hall–Kier alpha value is -1.26. The summed E-state index contributed by atoms with van der Waals surface area (Å²) in [6.45, 7) is 11.7. The zero-order chi connectivity index (χ0) is 15.7. The summed E-state index contributed by atoms with van der Waals surface area (Å²) in [6.07, 6.45) is 0.960. The van der Waals surface area contributed by atoms with Gasteiger partial charge in [0.05, 0.1) is 7.11 Å². The van der Waals surface area contributed by atoms with Crippen LogP contribution in [-0.2, 0) is 14.3 Å². The summed E-state index contributed by atoms with van der Waals surface area (Å²) >= 11 is 0. The minimum Gasteiger partial charge on any atom is -0.467 e. The van der Waals surface area contributed by atoms with Crippen LogP contribution in [0.25, 0.3) is 0 Å². The Bertz CT molecular complexity index is 378. The van der Waals surface area contributed by atoms with Crippen LogP contribution in [-0.4, -0.2) is 41.8 Å². The summed E-state index contributed by atoms with van der Waals surface area (Å²) in [6, 6.07) is -0.569. The molecule has 1 aliphatic heterocycles. The molecule has 0 aliphatic carbocycles. The number of likely N-dealkylation sites (tertiary alicyclic amines) is 1. The summed E-state index contributed by atoms with van der Waals surface area (Å²) in [5, 5.41) is 0. The summed E-state index contributed by atoms with van der Waals surface area (Å²) in [5.74, 6) is -0.373. The number of esters is 1. The molecule has 116 valence electrons. The first-order chi connectivity index (χ1) is 8.97. The third-order valence-corrected chi connectivity index (χ3v) is 3.46. The van der Waals surface area contributed by atoms with Gasteiger partial charge >= 0.3 is 12.1 Å². The molecule has 0 saturated carbocycles. The highest BCUT2D eigenvalue weighted by Gasteiger charge is 2.47. The summed E-state index contributed by atoms with van der Waals surface area (Å²) in [7, 11) is 1.35. The maximum absolute atomic E-state index is 12.4. The van der Waals surface area contributed by atoms with E-state index in [4.69, 9.17) is 9.47 Å². The number of amides is 1. The van der Waals surface area contributed by atoms with Crippen molar-refractivity contribution in [2.24, 2.45) is 5.41 Å². The molecule has 0 unspecified atom stereocenters. The van der Waals surface area contributed by atoms with E-state index in [1.54, 1.807) is 4.90 Å². The van der Waals surface area contributed by atoms with Gasteiger partial charge in [0.15, 0.2) is 0 Å². The van der Waals surface area contributed by atoms with Crippen LogP contribution >= 0.6 is 0 Å². The maximum Gasteiger partial charge on any atom is 0.411 e. The molecule has 1 saturated heterocycles. The number of nitrogens with zero attached hydrogens (tertiary/aromatic N) is 1. The third-order valence-electron chi connectivity index (χ3n) is 3.46. The molecule has 1 amide bonds. The van der Waals surface area contributed by atoms with E-state index in [-0.39, 0.29) is 17.4 Å². The quantitative estimate of drug-likeness (QED) is 0.695. The van der Waals surface area contributed by atoms with Crippen molar-refractivity contribution in [1.29, 1.82) is 0 Å². The fourth-order valence-electron chi connectivity index (χ4n) is 2.60. The molecule has 5 nitrogen and oxygen atoms in total. The van der Waals surface area contributed by atoms with Gasteiger partial charge in [0.2, 0.25) is 0 Å². The molecule has 20 heavy (non-hydrogen) atoms. The predicted octanol–water partition coefficient (Wildman–Crippen LogP) is 2.97. The molecule has 1 aliphatic rings. The second kappa shape index (κ2) is 5.62. The fraction of sp³-hybridized carbons (Fsp3) is 0.867. The highest BCUT2D eigenvalue weighted by atomic mass is 16.6. The molecule has 0 aromatic carbocycles. The molecule has 0 radical (unpaired) electrons. The molecule has 0 spiro atoms. The highest BCUT2D eigenvalue weighted by Crippen LogP contribution is 2.37. The van der Waals surface area contributed by atoms with Gasteiger partial charge in [-0.3, -0.25) is 4.90 Å². The summed E-state index contributed by atoms with van der Waals surface area (Å²) in [4.78, 5) is 25.9. The predicted molar refractivity (Wildman–Crippen MR) is 76.4 cm³/mol. The van der Waals surface area contributed by atoms with Gasteiger partial charge in [-0.2, -0.15) is 0 Å². The fourth-order valence-corrected chi connectivity index (χ4v) is 2.60. The number of carbonyl (C=O) groups is 2. The van der Waals surface area contributed by atoms with Gasteiger partial charge in [0.25, 0.3) is 0 Å². The Morgan fingerprint density at radius 2 is 1.60 bits per heavy atom. The topological polar surface area (TPSA) is 55.8 Å². The average Bonchev–Trinajstić information content (AvgIpc) is 2.69. The van der Waals surface area contributed by atoms with Crippen LogP contribution in [0.5, 0.6) is 0 Å². The van der Waals surface area contributed by atoms with Crippen molar-refractivity contribution in [2.45, 2.75) is 72.1 Å². The minimum atomic E-state index is -0.581. The molecule has 0 aromatic heterocycles. The lowest BCUT2D eigenvalue weighted by Gasteiger charge is -2.37. The number of ether oxygens (including phenoxy) is 2. The van der Waals surface area contributed by atoms with Crippen molar-refractivity contribution in [2.75, 3.05) is 7.11 Å². The van der Waals surface area contributed by atoms with Crippen molar-refractivity contribution in [3.63, 3.8) is 0 Å². The van der Waals surface area contributed by atoms with Gasteiger partial charge in [0.1, 0.15) is 11.6 Å². The van der Waals surface area contributed by atoms with Crippen LogP contribution in [0.2, 0.25) is 0 Å². The lowest BCUT2D eigenvalue weighted by Crippen LogP contribution is -2.51. The minimum absolute atomic E-state index is 0.0264. The van der Waals surface area contributed by atoms with Gasteiger partial charge in [-0.05, 0) is 39.0 Å². The van der Waals surface area contributed by atoms with E-state index in [1.165, 1.54) is 7.11 Å². The molecular formula is C15H27NO4. The Kier molecular flexibility index (Phi) is 4.72. The number of methoxy groups -OCH3 is 1. The molecule has 0 aromatic rings. The third kappa shape index (κ3) is 3.87. The van der Waals surface area contributed by atoms with Crippen LogP contribution in [0.4, 0.5) is 4.79 Å². The van der Waals surface area contributed by atoms with E-state index < -0.39 is 17.7 Å². The van der Waals surface area contributed by atoms with E-state index >= 15 is 0 Å². The second-order valence-electron chi connectivity index (χ2n) is 7.39. The molecule has 1 fully saturated rings. The van der Waals surface area contributed by atoms with Crippen LogP contribution in [0.3, 0.4) is 0 Å². The zero-order valence-electron chi connectivity index (χ0n) is 13.6. The van der Waals surface area contributed by atoms with Crippen LogP contribution in [0.1, 0.15) is 54.4 Å². The average molecular weight is 285 g/mol. The van der Waals surface area contributed by atoms with Gasteiger partial charge in [-0.25, -0.2) is 9.59 Å². The van der Waals surface area contributed by atoms with Crippen molar-refractivity contribution in [3.8, 4) is 0 Å². The standard InChI is InChI=1S/C15H27NO4/c1-14(2,3)11-9-8-10(12(17)19-7)16(11)13(18)20-15(4,5)6/h10-11H,8-9H2,1-7H3/t10-,11+/m1/s1. The van der Waals surface area contributed by atoms with Crippen molar-refractivity contribution in [3.05, 3.63) is 0 Å². The number of rotatable bonds is 1. The molecule has 2 atom stereocenters. The van der Waals surface area contributed by atoms with Gasteiger partial charge in [-0.15, -0.1) is 0 Å². The Morgan fingerprint density at radius 1 is 1.05 bits per heavy atom. The summed E-state index contributed by atoms with van der Waals surface area (Å²) < 4.78 is 10.3. The van der Waals surface area contributed by atoms with Crippen LogP contribution in [0.15, 0.2) is 0 Å². The SMILES string of the molecule is COC(=O)[C@H]1CC[C@@H](C(C)(C)C)N1C(=O)OC(C)(C)C. The Balaban J connectivity index is 3.02. The molecule has 1 heterocycles. The zero-order valence-corrected chi connectivity index (χ0v) is 13.6. The highest BCUT2D eigenvalue weighted by molar-refractivity contribution is 5.82. The smallest absolute Gasteiger partial charge is 0.411 e. The van der Waals surface area contributed by atoms with Gasteiger partial charge in [-0.1, -0.05) is 20.8 Å². The summed E-state index contributed by atoms with van der Waals surface area (Å²) in [5.41, 5.74) is -0.692. The molecule has 1 rings (SSSR count). The molecule has 5 heteroatoms. The van der Waals surface area contributed by atoms with Crippen LogP contribution in [0, 0.1) is 5.41 Å². The van der Waals surface area contributed by atoms with Gasteiger partial charge in [0, 0.05) is 6.04 Å². The monoisotopic (exact) mass is 285 g/mol. The Morgan fingerprint density at radius 3 is 2.00 bits per heavy atom. The maximum atomic E-state index is 12.4. The van der Waals surface area contributed by atoms with E-state index in [0.29, 0.717) is 6.42 Å². The van der Waals surface area contributed by atoms with Crippen LogP contribution < -0.4 is 0 Å². The first-order valence-corrected chi connectivity index (χ1v) is 7.06. The number of hydrogen-bond donors (Lipinski definition) is 0. The van der Waals surface area contributed by atoms with E-state index in [2.05, 4.69) is 20.8 Å². The molecular weight excluding hydrogens is 258 g/mol. The van der Waals surface area contributed by atoms with E-state index in [9.17, 15) is 9.59 Å². The van der Waals surface area contributed by atoms with Gasteiger partial charge < -0.3 is 9.47 Å². The number of hydrogen-bond acceptors (Lipinski definition) is 4. The Labute approximate surface area is 121 Å². The van der Waals surface area contributed by atoms with Crippen molar-refractivity contribution >= 4 is 12.1 Å². The van der Waals surface area contributed by atoms with Crippen molar-refractivity contribution < 1.29 is 19.1 Å². The largest absolute Gasteiger partial charge is 0.467 e. The van der Waals surface area contributed by atoms with E-state index in [0.717, 1.165) is 6.42 Å². The first-order valence-electron chi connectivity index (χ1n) is 7.06. The molecule has 0 bridgehead atoms. The second-order valence-corrected chi connectivity index (χ2v) is 7.39. The first kappa shape index (κ1) is 16.8. The number of carbonyl (C=O) groups excluding carboxylic acids is 2. The van der Waals surface area contributed by atoms with Crippen molar-refractivity contribution in [1.82, 2.24) is 4.90 Å². The normalized spacial score (nSPS) is 23.6. The van der Waals surface area contributed by atoms with E-state index in [1.807, 2.05) is 20.8 Å². The molecule has 0 N–H and O–H groups in total.